The molecule has 0 aliphatic carbocycles. The average molecular weight is 310 g/mol. The van der Waals surface area contributed by atoms with Crippen molar-refractivity contribution in [3.05, 3.63) is 39.4 Å². The molecule has 104 valence electrons. The molecule has 3 rings (SSSR count). The van der Waals surface area contributed by atoms with Crippen molar-refractivity contribution in [2.24, 2.45) is 0 Å². The third-order valence-corrected chi connectivity index (χ3v) is 3.89. The normalized spacial score (nSPS) is 14.3. The van der Waals surface area contributed by atoms with E-state index < -0.39 is 0 Å². The van der Waals surface area contributed by atoms with E-state index in [1.807, 2.05) is 0 Å². The molecule has 0 saturated carbocycles. The van der Waals surface area contributed by atoms with Gasteiger partial charge in [-0.05, 0) is 49.7 Å². The Labute approximate surface area is 126 Å². The van der Waals surface area contributed by atoms with E-state index in [4.69, 9.17) is 23.8 Å². The fourth-order valence-corrected chi connectivity index (χ4v) is 2.90. The van der Waals surface area contributed by atoms with Gasteiger partial charge < -0.3 is 10.3 Å². The molecule has 0 amide bonds. The van der Waals surface area contributed by atoms with Crippen molar-refractivity contribution in [3.8, 4) is 11.3 Å². The molecule has 0 fully saturated rings. The number of halogens is 2. The van der Waals surface area contributed by atoms with E-state index in [0.717, 1.165) is 48.4 Å². The number of aromatic nitrogens is 2. The molecule has 6 heteroatoms. The fraction of sp³-hybridized carbons (Fsp3) is 0.286. The summed E-state index contributed by atoms with van der Waals surface area (Å²) in [6.45, 7) is 0.884. The molecule has 2 N–H and O–H groups in total. The van der Waals surface area contributed by atoms with E-state index in [1.54, 1.807) is 6.07 Å². The molecule has 3 nitrogen and oxygen atoms in total. The number of nitrogens with one attached hydrogen (secondary N) is 2. The molecule has 0 atom stereocenters. The number of anilines is 1. The highest BCUT2D eigenvalue weighted by Crippen LogP contribution is 2.33. The number of nitrogens with zero attached hydrogens (tertiary/aromatic N) is 1. The third-order valence-electron chi connectivity index (χ3n) is 3.38. The Bertz CT molecular complexity index is 714. The van der Waals surface area contributed by atoms with E-state index in [2.05, 4.69) is 15.3 Å². The molecule has 1 aliphatic heterocycles. The van der Waals surface area contributed by atoms with Crippen molar-refractivity contribution in [2.45, 2.75) is 19.3 Å². The van der Waals surface area contributed by atoms with Crippen molar-refractivity contribution >= 4 is 29.6 Å². The first-order chi connectivity index (χ1) is 9.65. The third kappa shape index (κ3) is 2.55. The van der Waals surface area contributed by atoms with Gasteiger partial charge in [-0.3, -0.25) is 0 Å². The Kier molecular flexibility index (Phi) is 3.72. The molecule has 20 heavy (non-hydrogen) atoms. The molecule has 1 aliphatic rings. The maximum Gasteiger partial charge on any atom is 0.199 e. The Morgan fingerprint density at radius 1 is 1.30 bits per heavy atom. The molecule has 1 aromatic carbocycles. The highest BCUT2D eigenvalue weighted by atomic mass is 35.5. The minimum absolute atomic E-state index is 0.351. The van der Waals surface area contributed by atoms with Gasteiger partial charge in [-0.2, -0.15) is 0 Å². The van der Waals surface area contributed by atoms with Crippen LogP contribution in [0.1, 0.15) is 18.4 Å². The van der Waals surface area contributed by atoms with E-state index >= 15 is 0 Å². The average Bonchev–Trinajstić information content (AvgIpc) is 2.63. The van der Waals surface area contributed by atoms with Crippen LogP contribution in [0.2, 0.25) is 5.02 Å². The molecular weight excluding hydrogens is 297 g/mol. The summed E-state index contributed by atoms with van der Waals surface area (Å²) >= 11 is 11.3. The maximum absolute atomic E-state index is 13.2. The van der Waals surface area contributed by atoms with Gasteiger partial charge in [0.05, 0.1) is 10.7 Å². The Balaban J connectivity index is 2.22. The number of rotatable bonds is 1. The molecule has 0 radical (unpaired) electrons. The van der Waals surface area contributed by atoms with Gasteiger partial charge in [0.15, 0.2) is 4.77 Å². The van der Waals surface area contributed by atoms with E-state index in [1.165, 1.54) is 12.1 Å². The Hall–Kier alpha value is -1.46. The van der Waals surface area contributed by atoms with Gasteiger partial charge in [0.25, 0.3) is 0 Å². The zero-order valence-electron chi connectivity index (χ0n) is 10.7. The highest BCUT2D eigenvalue weighted by Gasteiger charge is 2.17. The molecule has 2 aromatic rings. The number of aromatic amines is 1. The second-order valence-electron chi connectivity index (χ2n) is 4.75. The summed E-state index contributed by atoms with van der Waals surface area (Å²) in [4.78, 5) is 7.43. The van der Waals surface area contributed by atoms with Gasteiger partial charge in [-0.25, -0.2) is 9.37 Å². The molecular formula is C14H13ClFN3S. The number of H-pyrrole nitrogens is 1. The van der Waals surface area contributed by atoms with Crippen molar-refractivity contribution in [2.75, 3.05) is 11.9 Å². The van der Waals surface area contributed by atoms with Gasteiger partial charge in [0, 0.05) is 17.7 Å². The summed E-state index contributed by atoms with van der Waals surface area (Å²) in [5, 5.41) is 3.66. The van der Waals surface area contributed by atoms with Gasteiger partial charge in [0.2, 0.25) is 0 Å². The molecule has 1 aromatic heterocycles. The van der Waals surface area contributed by atoms with Crippen molar-refractivity contribution in [1.29, 1.82) is 0 Å². The Morgan fingerprint density at radius 2 is 2.15 bits per heavy atom. The number of hydrogen-bond acceptors (Lipinski definition) is 3. The Morgan fingerprint density at radius 3 is 2.95 bits per heavy atom. The summed E-state index contributed by atoms with van der Waals surface area (Å²) in [6, 6.07) is 4.38. The van der Waals surface area contributed by atoms with Gasteiger partial charge in [-0.1, -0.05) is 11.6 Å². The predicted molar refractivity (Wildman–Crippen MR) is 81.3 cm³/mol. The fourth-order valence-electron chi connectivity index (χ4n) is 2.44. The second kappa shape index (κ2) is 5.50. The van der Waals surface area contributed by atoms with Crippen LogP contribution in [0.25, 0.3) is 11.3 Å². The minimum Gasteiger partial charge on any atom is -0.370 e. The summed E-state index contributed by atoms with van der Waals surface area (Å²) in [7, 11) is 0. The lowest BCUT2D eigenvalue weighted by molar-refractivity contribution is 0.628. The lowest BCUT2D eigenvalue weighted by Crippen LogP contribution is -2.05. The number of fused-ring (bicyclic) bond motifs is 1. The molecule has 0 unspecified atom stereocenters. The zero-order valence-corrected chi connectivity index (χ0v) is 12.2. The second-order valence-corrected chi connectivity index (χ2v) is 5.55. The van der Waals surface area contributed by atoms with E-state index in [9.17, 15) is 4.39 Å². The SMILES string of the molecule is Fc1ccc(-c2[nH]c(=S)nc3c2CCCCN3)c(Cl)c1. The first kappa shape index (κ1) is 13.5. The van der Waals surface area contributed by atoms with Crippen LogP contribution in [0.15, 0.2) is 18.2 Å². The summed E-state index contributed by atoms with van der Waals surface area (Å²) in [5.41, 5.74) is 2.64. The quantitative estimate of drug-likeness (QED) is 0.770. The summed E-state index contributed by atoms with van der Waals surface area (Å²) in [5.74, 6) is 0.456. The molecule has 0 saturated heterocycles. The van der Waals surface area contributed by atoms with E-state index in [0.29, 0.717) is 9.79 Å². The highest BCUT2D eigenvalue weighted by molar-refractivity contribution is 7.71. The van der Waals surface area contributed by atoms with Gasteiger partial charge >= 0.3 is 0 Å². The first-order valence-corrected chi connectivity index (χ1v) is 7.26. The maximum atomic E-state index is 13.2. The largest absolute Gasteiger partial charge is 0.370 e. The van der Waals surface area contributed by atoms with Gasteiger partial charge in [-0.15, -0.1) is 0 Å². The minimum atomic E-state index is -0.351. The van der Waals surface area contributed by atoms with Crippen LogP contribution >= 0.6 is 23.8 Å². The molecule has 0 spiro atoms. The van der Waals surface area contributed by atoms with Crippen LogP contribution in [0.4, 0.5) is 10.2 Å². The van der Waals surface area contributed by atoms with Crippen molar-refractivity contribution in [3.63, 3.8) is 0 Å². The lowest BCUT2D eigenvalue weighted by Gasteiger charge is -2.13. The summed E-state index contributed by atoms with van der Waals surface area (Å²) < 4.78 is 13.6. The van der Waals surface area contributed by atoms with Crippen LogP contribution in [-0.2, 0) is 6.42 Å². The van der Waals surface area contributed by atoms with Crippen LogP contribution in [0, 0.1) is 10.6 Å². The smallest absolute Gasteiger partial charge is 0.199 e. The van der Waals surface area contributed by atoms with Crippen LogP contribution in [0.5, 0.6) is 0 Å². The zero-order chi connectivity index (χ0) is 14.1. The molecule has 0 bridgehead atoms. The predicted octanol–water partition coefficient (Wildman–Crippen LogP) is 4.35. The van der Waals surface area contributed by atoms with Crippen LogP contribution in [-0.4, -0.2) is 16.5 Å². The van der Waals surface area contributed by atoms with Crippen LogP contribution < -0.4 is 5.32 Å². The first-order valence-electron chi connectivity index (χ1n) is 6.47. The van der Waals surface area contributed by atoms with Crippen molar-refractivity contribution < 1.29 is 4.39 Å². The monoisotopic (exact) mass is 309 g/mol. The van der Waals surface area contributed by atoms with Crippen LogP contribution in [0.3, 0.4) is 0 Å². The van der Waals surface area contributed by atoms with Crippen molar-refractivity contribution in [1.82, 2.24) is 9.97 Å². The lowest BCUT2D eigenvalue weighted by atomic mass is 10.0. The number of benzene rings is 1. The topological polar surface area (TPSA) is 40.7 Å². The van der Waals surface area contributed by atoms with Gasteiger partial charge in [0.1, 0.15) is 11.6 Å². The number of hydrogen-bond donors (Lipinski definition) is 2. The summed E-state index contributed by atoms with van der Waals surface area (Å²) in [6.07, 6.45) is 3.04. The standard InChI is InChI=1S/C14H13ClFN3S/c15-11-7-8(16)4-5-9(11)12-10-3-1-2-6-17-13(10)19-14(20)18-12/h4-5,7H,1-3,6H2,(H2,17,18,19,20). The van der Waals surface area contributed by atoms with E-state index in [-0.39, 0.29) is 5.82 Å². The molecule has 2 heterocycles.